The number of imidazole rings is 1. The number of hydrogen-bond donors (Lipinski definition) is 0. The number of nitrogens with zero attached hydrogens (tertiary/aromatic N) is 4. The predicted molar refractivity (Wildman–Crippen MR) is 60.0 cm³/mol. The van der Waals surface area contributed by atoms with Gasteiger partial charge in [-0.1, -0.05) is 32.4 Å². The van der Waals surface area contributed by atoms with Gasteiger partial charge in [0.25, 0.3) is 0 Å². The molecule has 0 spiro atoms. The normalized spacial score (nSPS) is 12.3. The van der Waals surface area contributed by atoms with Gasteiger partial charge in [-0.05, 0) is 0 Å². The lowest BCUT2D eigenvalue weighted by atomic mass is 9.96. The number of aromatic nitrogens is 4. The minimum Gasteiger partial charge on any atom is -0.314 e. The van der Waals surface area contributed by atoms with Gasteiger partial charge in [0, 0.05) is 18.5 Å². The van der Waals surface area contributed by atoms with Crippen molar-refractivity contribution >= 4 is 22.8 Å². The Hall–Kier alpha value is -1.16. The summed E-state index contributed by atoms with van der Waals surface area (Å²) in [5, 5.41) is 8.23. The van der Waals surface area contributed by atoms with Crippen LogP contribution in [0.15, 0.2) is 6.07 Å². The molecule has 0 aliphatic heterocycles. The third-order valence-electron chi connectivity index (χ3n) is 2.26. The molecular formula is C10H13ClN4. The van der Waals surface area contributed by atoms with E-state index in [1.165, 1.54) is 0 Å². The topological polar surface area (TPSA) is 43.6 Å². The van der Waals surface area contributed by atoms with E-state index in [4.69, 9.17) is 11.6 Å². The second-order valence-corrected chi connectivity index (χ2v) is 5.01. The molecule has 2 aromatic heterocycles. The monoisotopic (exact) mass is 224 g/mol. The molecular weight excluding hydrogens is 212 g/mol. The first kappa shape index (κ1) is 10.4. The van der Waals surface area contributed by atoms with Crippen LogP contribution in [-0.2, 0) is 12.5 Å². The highest BCUT2D eigenvalue weighted by molar-refractivity contribution is 6.29. The van der Waals surface area contributed by atoms with Gasteiger partial charge in [0.1, 0.15) is 11.3 Å². The number of fused-ring (bicyclic) bond motifs is 1. The van der Waals surface area contributed by atoms with Gasteiger partial charge in [0.05, 0.1) is 0 Å². The maximum Gasteiger partial charge on any atom is 0.182 e. The van der Waals surface area contributed by atoms with Crippen molar-refractivity contribution < 1.29 is 0 Å². The number of aryl methyl sites for hydroxylation is 1. The van der Waals surface area contributed by atoms with Crippen LogP contribution in [0.1, 0.15) is 26.6 Å². The third kappa shape index (κ3) is 1.69. The van der Waals surface area contributed by atoms with Crippen molar-refractivity contribution in [3.05, 3.63) is 17.0 Å². The quantitative estimate of drug-likeness (QED) is 0.690. The first-order chi connectivity index (χ1) is 6.89. The van der Waals surface area contributed by atoms with E-state index in [2.05, 4.69) is 36.0 Å². The van der Waals surface area contributed by atoms with Crippen molar-refractivity contribution in [2.45, 2.75) is 26.2 Å². The summed E-state index contributed by atoms with van der Waals surface area (Å²) in [6.45, 7) is 6.34. The summed E-state index contributed by atoms with van der Waals surface area (Å²) >= 11 is 5.77. The number of rotatable bonds is 0. The molecule has 0 amide bonds. The van der Waals surface area contributed by atoms with E-state index in [-0.39, 0.29) is 5.41 Å². The first-order valence-corrected chi connectivity index (χ1v) is 5.13. The third-order valence-corrected chi connectivity index (χ3v) is 2.44. The van der Waals surface area contributed by atoms with E-state index >= 15 is 0 Å². The van der Waals surface area contributed by atoms with Crippen LogP contribution in [0.4, 0.5) is 0 Å². The highest BCUT2D eigenvalue weighted by atomic mass is 35.5. The van der Waals surface area contributed by atoms with E-state index in [9.17, 15) is 0 Å². The minimum absolute atomic E-state index is 0.0120. The van der Waals surface area contributed by atoms with Crippen molar-refractivity contribution in [2.75, 3.05) is 0 Å². The second-order valence-electron chi connectivity index (χ2n) is 4.62. The molecule has 0 radical (unpaired) electrons. The van der Waals surface area contributed by atoms with Crippen molar-refractivity contribution in [3.63, 3.8) is 0 Å². The van der Waals surface area contributed by atoms with Gasteiger partial charge in [-0.2, -0.15) is 0 Å². The van der Waals surface area contributed by atoms with Crippen LogP contribution in [0.3, 0.4) is 0 Å². The Kier molecular flexibility index (Phi) is 2.19. The van der Waals surface area contributed by atoms with Gasteiger partial charge in [-0.25, -0.2) is 4.98 Å². The first-order valence-electron chi connectivity index (χ1n) is 4.76. The van der Waals surface area contributed by atoms with Crippen molar-refractivity contribution in [1.29, 1.82) is 0 Å². The standard InChI is InChI=1S/C10H13ClN4/c1-10(2,3)9-12-6-5-7(11)13-14-8(6)15(9)4/h5H,1-4H3. The van der Waals surface area contributed by atoms with Gasteiger partial charge < -0.3 is 4.57 Å². The fourth-order valence-electron chi connectivity index (χ4n) is 1.63. The molecule has 4 nitrogen and oxygen atoms in total. The van der Waals surface area contributed by atoms with E-state index in [1.807, 2.05) is 11.6 Å². The lowest BCUT2D eigenvalue weighted by Gasteiger charge is -2.17. The van der Waals surface area contributed by atoms with Crippen LogP contribution in [0.2, 0.25) is 5.15 Å². The summed E-state index contributed by atoms with van der Waals surface area (Å²) in [5.74, 6) is 0.981. The van der Waals surface area contributed by atoms with E-state index in [0.29, 0.717) is 5.15 Å². The smallest absolute Gasteiger partial charge is 0.182 e. The highest BCUT2D eigenvalue weighted by Crippen LogP contribution is 2.24. The van der Waals surface area contributed by atoms with Crippen LogP contribution in [0.5, 0.6) is 0 Å². The van der Waals surface area contributed by atoms with Crippen LogP contribution in [0, 0.1) is 0 Å². The Morgan fingerprint density at radius 3 is 2.53 bits per heavy atom. The average molecular weight is 225 g/mol. The summed E-state index contributed by atoms with van der Waals surface area (Å²) in [5.41, 5.74) is 1.55. The molecule has 0 N–H and O–H groups in total. The Bertz CT molecular complexity index is 510. The Balaban J connectivity index is 2.75. The zero-order chi connectivity index (χ0) is 11.2. The molecule has 0 aliphatic carbocycles. The molecule has 0 bridgehead atoms. The van der Waals surface area contributed by atoms with E-state index in [1.54, 1.807) is 6.07 Å². The van der Waals surface area contributed by atoms with Gasteiger partial charge in [-0.3, -0.25) is 0 Å². The summed E-state index contributed by atoms with van der Waals surface area (Å²) in [7, 11) is 1.94. The summed E-state index contributed by atoms with van der Waals surface area (Å²) < 4.78 is 1.96. The zero-order valence-electron chi connectivity index (χ0n) is 9.24. The van der Waals surface area contributed by atoms with E-state index < -0.39 is 0 Å². The Labute approximate surface area is 93.3 Å². The predicted octanol–water partition coefficient (Wildman–Crippen LogP) is 2.31. The van der Waals surface area contributed by atoms with Crippen LogP contribution < -0.4 is 0 Å². The summed E-state index contributed by atoms with van der Waals surface area (Å²) in [6, 6.07) is 1.74. The molecule has 80 valence electrons. The molecule has 0 saturated heterocycles. The van der Waals surface area contributed by atoms with Crippen molar-refractivity contribution in [1.82, 2.24) is 19.7 Å². The molecule has 2 heterocycles. The lowest BCUT2D eigenvalue weighted by molar-refractivity contribution is 0.525. The maximum atomic E-state index is 5.77. The summed E-state index contributed by atoms with van der Waals surface area (Å²) in [6.07, 6.45) is 0. The lowest BCUT2D eigenvalue weighted by Crippen LogP contribution is -2.17. The van der Waals surface area contributed by atoms with Crippen LogP contribution in [0.25, 0.3) is 11.2 Å². The SMILES string of the molecule is Cn1c(C(C)(C)C)nc2cc(Cl)nnc21. The molecule has 2 aromatic rings. The van der Waals surface area contributed by atoms with Crippen molar-refractivity contribution in [3.8, 4) is 0 Å². The van der Waals surface area contributed by atoms with Crippen LogP contribution in [-0.4, -0.2) is 19.7 Å². The molecule has 2 rings (SSSR count). The Morgan fingerprint density at radius 2 is 1.93 bits per heavy atom. The van der Waals surface area contributed by atoms with Crippen molar-refractivity contribution in [2.24, 2.45) is 7.05 Å². The number of hydrogen-bond acceptors (Lipinski definition) is 3. The molecule has 0 atom stereocenters. The molecule has 0 fully saturated rings. The Morgan fingerprint density at radius 1 is 1.27 bits per heavy atom. The summed E-state index contributed by atoms with van der Waals surface area (Å²) in [4.78, 5) is 4.52. The van der Waals surface area contributed by atoms with Crippen LogP contribution >= 0.6 is 11.6 Å². The average Bonchev–Trinajstić information content (AvgIpc) is 2.42. The molecule has 0 saturated carbocycles. The molecule has 0 unspecified atom stereocenters. The second kappa shape index (κ2) is 3.17. The highest BCUT2D eigenvalue weighted by Gasteiger charge is 2.21. The fourth-order valence-corrected chi connectivity index (χ4v) is 1.78. The van der Waals surface area contributed by atoms with Gasteiger partial charge in [0.2, 0.25) is 0 Å². The van der Waals surface area contributed by atoms with Gasteiger partial charge in [0.15, 0.2) is 10.8 Å². The van der Waals surface area contributed by atoms with E-state index in [0.717, 1.165) is 17.0 Å². The molecule has 5 heteroatoms. The number of halogens is 1. The van der Waals surface area contributed by atoms with Gasteiger partial charge >= 0.3 is 0 Å². The largest absolute Gasteiger partial charge is 0.314 e. The van der Waals surface area contributed by atoms with Gasteiger partial charge in [-0.15, -0.1) is 10.2 Å². The fraction of sp³-hybridized carbons (Fsp3) is 0.500. The molecule has 0 aliphatic rings. The maximum absolute atomic E-state index is 5.77. The molecule has 15 heavy (non-hydrogen) atoms. The minimum atomic E-state index is -0.0120. The molecule has 0 aromatic carbocycles. The zero-order valence-corrected chi connectivity index (χ0v) is 10.0.